The molecule has 132 valence electrons. The second kappa shape index (κ2) is 6.62. The predicted molar refractivity (Wildman–Crippen MR) is 101 cm³/mol. The maximum absolute atomic E-state index is 13.1. The number of carbonyl (C=O) groups is 1. The number of allylic oxidation sites excluding steroid dienone is 2. The van der Waals surface area contributed by atoms with Crippen molar-refractivity contribution in [3.8, 4) is 5.75 Å². The molecule has 0 saturated heterocycles. The number of halogens is 2. The molecule has 0 amide bonds. The standard InChI is InChI=1S/C20H26BrFO2/c1-7-24-18-13(15(23)11-22)10-12-14(19(2,3)4)8-9-20(5,6)16(12)17(18)21/h8,10H,7,9,11H2,1-6H3. The smallest absolute Gasteiger partial charge is 0.197 e. The van der Waals surface area contributed by atoms with Gasteiger partial charge in [0.15, 0.2) is 12.5 Å². The quantitative estimate of drug-likeness (QED) is 0.573. The number of rotatable bonds is 4. The minimum absolute atomic E-state index is 0.0617. The molecule has 0 aliphatic heterocycles. The molecule has 0 atom stereocenters. The van der Waals surface area contributed by atoms with E-state index in [9.17, 15) is 9.18 Å². The lowest BCUT2D eigenvalue weighted by Crippen LogP contribution is -2.26. The van der Waals surface area contributed by atoms with Crippen LogP contribution in [0.15, 0.2) is 16.6 Å². The van der Waals surface area contributed by atoms with Gasteiger partial charge in [-0.1, -0.05) is 40.7 Å². The molecule has 0 spiro atoms. The van der Waals surface area contributed by atoms with Gasteiger partial charge < -0.3 is 4.74 Å². The van der Waals surface area contributed by atoms with Crippen LogP contribution in [0.2, 0.25) is 0 Å². The SMILES string of the molecule is CCOc1c(C(=O)CF)cc2c(c1Br)C(C)(C)CC=C2C(C)(C)C. The van der Waals surface area contributed by atoms with E-state index in [1.165, 1.54) is 5.57 Å². The number of benzene rings is 1. The van der Waals surface area contributed by atoms with Gasteiger partial charge in [-0.3, -0.25) is 4.79 Å². The molecular formula is C20H26BrFO2. The fourth-order valence-corrected chi connectivity index (χ4v) is 4.43. The first-order chi connectivity index (χ1) is 11.0. The first-order valence-corrected chi connectivity index (χ1v) is 9.13. The number of hydrogen-bond acceptors (Lipinski definition) is 2. The highest BCUT2D eigenvalue weighted by Crippen LogP contribution is 2.51. The summed E-state index contributed by atoms with van der Waals surface area (Å²) in [5.74, 6) is -0.0827. The minimum Gasteiger partial charge on any atom is -0.492 e. The Morgan fingerprint density at radius 3 is 2.50 bits per heavy atom. The average molecular weight is 397 g/mol. The normalized spacial score (nSPS) is 16.4. The lowest BCUT2D eigenvalue weighted by atomic mass is 9.67. The van der Waals surface area contributed by atoms with E-state index in [0.717, 1.165) is 22.0 Å². The van der Waals surface area contributed by atoms with E-state index in [4.69, 9.17) is 4.74 Å². The van der Waals surface area contributed by atoms with E-state index >= 15 is 0 Å². The number of fused-ring (bicyclic) bond motifs is 1. The van der Waals surface area contributed by atoms with Crippen LogP contribution < -0.4 is 4.74 Å². The summed E-state index contributed by atoms with van der Waals surface area (Å²) in [4.78, 5) is 12.2. The van der Waals surface area contributed by atoms with Crippen molar-refractivity contribution >= 4 is 27.3 Å². The highest BCUT2D eigenvalue weighted by molar-refractivity contribution is 9.10. The molecule has 0 fully saturated rings. The Bertz CT molecular complexity index is 697. The third-order valence-corrected chi connectivity index (χ3v) is 5.28. The largest absolute Gasteiger partial charge is 0.492 e. The van der Waals surface area contributed by atoms with E-state index in [1.807, 2.05) is 13.0 Å². The lowest BCUT2D eigenvalue weighted by molar-refractivity contribution is 0.0954. The molecule has 4 heteroatoms. The van der Waals surface area contributed by atoms with Crippen molar-refractivity contribution in [3.05, 3.63) is 33.3 Å². The molecule has 0 radical (unpaired) electrons. The molecule has 0 heterocycles. The molecule has 24 heavy (non-hydrogen) atoms. The molecule has 1 aromatic carbocycles. The maximum Gasteiger partial charge on any atom is 0.197 e. The van der Waals surface area contributed by atoms with Crippen LogP contribution in [0.1, 0.15) is 69.4 Å². The van der Waals surface area contributed by atoms with Gasteiger partial charge in [0.25, 0.3) is 0 Å². The average Bonchev–Trinajstić information content (AvgIpc) is 2.46. The lowest BCUT2D eigenvalue weighted by Gasteiger charge is -2.38. The molecule has 2 rings (SSSR count). The molecular weight excluding hydrogens is 371 g/mol. The number of Topliss-reactive ketones (excluding diaryl/α,β-unsaturated/α-hetero) is 1. The zero-order valence-electron chi connectivity index (χ0n) is 15.3. The van der Waals surface area contributed by atoms with Crippen LogP contribution in [0.5, 0.6) is 5.75 Å². The third-order valence-electron chi connectivity index (χ3n) is 4.52. The highest BCUT2D eigenvalue weighted by atomic mass is 79.9. The Kier molecular flexibility index (Phi) is 5.29. The molecule has 0 aromatic heterocycles. The Balaban J connectivity index is 2.85. The van der Waals surface area contributed by atoms with Gasteiger partial charge in [0.1, 0.15) is 5.75 Å². The summed E-state index contributed by atoms with van der Waals surface area (Å²) in [6, 6.07) is 1.82. The number of carbonyl (C=O) groups excluding carboxylic acids is 1. The highest BCUT2D eigenvalue weighted by Gasteiger charge is 2.36. The van der Waals surface area contributed by atoms with Gasteiger partial charge in [-0.2, -0.15) is 0 Å². The third kappa shape index (κ3) is 3.30. The van der Waals surface area contributed by atoms with E-state index in [2.05, 4.69) is 56.6 Å². The molecule has 0 bridgehead atoms. The van der Waals surface area contributed by atoms with Gasteiger partial charge in [-0.05, 0) is 62.9 Å². The molecule has 2 nitrogen and oxygen atoms in total. The van der Waals surface area contributed by atoms with E-state index in [1.54, 1.807) is 0 Å². The second-order valence-corrected chi connectivity index (χ2v) is 8.73. The fraction of sp³-hybridized carbons (Fsp3) is 0.550. The predicted octanol–water partition coefficient (Wildman–Crippen LogP) is 6.11. The van der Waals surface area contributed by atoms with Crippen LogP contribution in [0.25, 0.3) is 5.57 Å². The van der Waals surface area contributed by atoms with Crippen LogP contribution in [0.4, 0.5) is 4.39 Å². The number of alkyl halides is 1. The summed E-state index contributed by atoms with van der Waals surface area (Å²) >= 11 is 3.66. The number of ether oxygens (including phenoxy) is 1. The van der Waals surface area contributed by atoms with Crippen molar-refractivity contribution in [3.63, 3.8) is 0 Å². The monoisotopic (exact) mass is 396 g/mol. The van der Waals surface area contributed by atoms with E-state index < -0.39 is 12.5 Å². The first kappa shape index (κ1) is 19.2. The van der Waals surface area contributed by atoms with Gasteiger partial charge in [-0.25, -0.2) is 4.39 Å². The summed E-state index contributed by atoms with van der Waals surface area (Å²) in [7, 11) is 0. The van der Waals surface area contributed by atoms with Crippen LogP contribution >= 0.6 is 15.9 Å². The Morgan fingerprint density at radius 1 is 1.38 bits per heavy atom. The Labute approximate surface area is 152 Å². The van der Waals surface area contributed by atoms with E-state index in [0.29, 0.717) is 17.9 Å². The van der Waals surface area contributed by atoms with Crippen LogP contribution in [-0.2, 0) is 5.41 Å². The molecule has 0 saturated carbocycles. The minimum atomic E-state index is -1.02. The van der Waals surface area contributed by atoms with E-state index in [-0.39, 0.29) is 10.8 Å². The summed E-state index contributed by atoms with van der Waals surface area (Å²) in [6.45, 7) is 12.1. The number of ketones is 1. The summed E-state index contributed by atoms with van der Waals surface area (Å²) in [5.41, 5.74) is 3.51. The van der Waals surface area contributed by atoms with Gasteiger partial charge >= 0.3 is 0 Å². The van der Waals surface area contributed by atoms with Gasteiger partial charge in [0.2, 0.25) is 0 Å². The molecule has 0 N–H and O–H groups in total. The Hall–Kier alpha value is -1.16. The van der Waals surface area contributed by atoms with Crippen LogP contribution in [-0.4, -0.2) is 19.1 Å². The number of hydrogen-bond donors (Lipinski definition) is 0. The fourth-order valence-electron chi connectivity index (χ4n) is 3.35. The van der Waals surface area contributed by atoms with Gasteiger partial charge in [0, 0.05) is 0 Å². The van der Waals surface area contributed by atoms with Crippen molar-refractivity contribution in [2.45, 2.75) is 53.4 Å². The van der Waals surface area contributed by atoms with Crippen LogP contribution in [0, 0.1) is 5.41 Å². The van der Waals surface area contributed by atoms with Crippen molar-refractivity contribution in [1.82, 2.24) is 0 Å². The maximum atomic E-state index is 13.1. The van der Waals surface area contributed by atoms with Crippen molar-refractivity contribution in [1.29, 1.82) is 0 Å². The topological polar surface area (TPSA) is 26.3 Å². The summed E-state index contributed by atoms with van der Waals surface area (Å²) < 4.78 is 19.6. The molecule has 0 unspecified atom stereocenters. The van der Waals surface area contributed by atoms with Gasteiger partial charge in [-0.15, -0.1) is 0 Å². The summed E-state index contributed by atoms with van der Waals surface area (Å²) in [5, 5.41) is 0. The summed E-state index contributed by atoms with van der Waals surface area (Å²) in [6.07, 6.45) is 3.16. The van der Waals surface area contributed by atoms with Crippen LogP contribution in [0.3, 0.4) is 0 Å². The molecule has 1 aliphatic carbocycles. The second-order valence-electron chi connectivity index (χ2n) is 7.94. The zero-order valence-corrected chi connectivity index (χ0v) is 16.9. The first-order valence-electron chi connectivity index (χ1n) is 8.34. The Morgan fingerprint density at radius 2 is 2.00 bits per heavy atom. The zero-order chi connectivity index (χ0) is 18.3. The van der Waals surface area contributed by atoms with Gasteiger partial charge in [0.05, 0.1) is 16.6 Å². The molecule has 1 aliphatic rings. The van der Waals surface area contributed by atoms with Crippen molar-refractivity contribution in [2.75, 3.05) is 13.3 Å². The van der Waals surface area contributed by atoms with Crippen molar-refractivity contribution < 1.29 is 13.9 Å². The molecule has 1 aromatic rings. The van der Waals surface area contributed by atoms with Crippen molar-refractivity contribution in [2.24, 2.45) is 5.41 Å².